The molecule has 2 aromatic rings. The lowest BCUT2D eigenvalue weighted by atomic mass is 9.89. The maximum absolute atomic E-state index is 13.2. The van der Waals surface area contributed by atoms with Gasteiger partial charge in [-0.1, -0.05) is 18.2 Å². The smallest absolute Gasteiger partial charge is 0.395 e. The zero-order valence-corrected chi connectivity index (χ0v) is 12.7. The van der Waals surface area contributed by atoms with Gasteiger partial charge in [-0.2, -0.15) is 13.2 Å². The molecule has 0 aliphatic carbocycles. The Bertz CT molecular complexity index is 764. The molecule has 1 atom stereocenters. The van der Waals surface area contributed by atoms with E-state index in [4.69, 9.17) is 4.74 Å². The number of rotatable bonds is 2. The van der Waals surface area contributed by atoms with Gasteiger partial charge in [0.05, 0.1) is 13.0 Å². The highest BCUT2D eigenvalue weighted by Crippen LogP contribution is 2.44. The predicted molar refractivity (Wildman–Crippen MR) is 80.1 cm³/mol. The van der Waals surface area contributed by atoms with Gasteiger partial charge >= 0.3 is 6.18 Å². The molecule has 1 aliphatic rings. The first-order valence-electron chi connectivity index (χ1n) is 7.25. The number of ether oxygens (including phenoxy) is 1. The average molecular weight is 337 g/mol. The van der Waals surface area contributed by atoms with Crippen LogP contribution >= 0.6 is 0 Å². The van der Waals surface area contributed by atoms with E-state index in [1.54, 1.807) is 12.1 Å². The molecule has 0 bridgehead atoms. The molecule has 1 aromatic heterocycles. The molecule has 0 saturated carbocycles. The summed E-state index contributed by atoms with van der Waals surface area (Å²) in [5.74, 6) is -1.84. The Labute approximate surface area is 136 Å². The third-order valence-electron chi connectivity index (χ3n) is 3.95. The number of aromatic nitrogens is 2. The number of methoxy groups -OCH3 is 1. The Balaban J connectivity index is 1.98. The maximum atomic E-state index is 13.2. The van der Waals surface area contributed by atoms with Gasteiger partial charge in [-0.05, 0) is 18.1 Å². The number of hydrogen-bond donors (Lipinski definition) is 0. The topological polar surface area (TPSA) is 55.3 Å². The number of carbonyl (C=O) groups is 1. The van der Waals surface area contributed by atoms with Crippen molar-refractivity contribution in [1.29, 1.82) is 0 Å². The van der Waals surface area contributed by atoms with Crippen molar-refractivity contribution >= 4 is 11.6 Å². The summed E-state index contributed by atoms with van der Waals surface area (Å²) in [6, 6.07) is 7.44. The van der Waals surface area contributed by atoms with Crippen LogP contribution in [-0.4, -0.2) is 35.7 Å². The van der Waals surface area contributed by atoms with Gasteiger partial charge in [0.25, 0.3) is 5.91 Å². The van der Waals surface area contributed by atoms with Crippen LogP contribution in [0.15, 0.2) is 36.7 Å². The molecule has 0 spiro atoms. The normalized spacial score (nSPS) is 17.3. The Morgan fingerprint density at radius 2 is 2.04 bits per heavy atom. The van der Waals surface area contributed by atoms with Gasteiger partial charge in [0.2, 0.25) is 5.88 Å². The van der Waals surface area contributed by atoms with Crippen LogP contribution in [0.1, 0.15) is 28.4 Å². The van der Waals surface area contributed by atoms with Crippen molar-refractivity contribution < 1.29 is 22.7 Å². The second kappa shape index (κ2) is 6.10. The minimum atomic E-state index is -4.34. The fourth-order valence-corrected chi connectivity index (χ4v) is 2.82. The highest BCUT2D eigenvalue weighted by atomic mass is 19.4. The van der Waals surface area contributed by atoms with E-state index in [1.165, 1.54) is 36.5 Å². The first-order chi connectivity index (χ1) is 11.4. The lowest BCUT2D eigenvalue weighted by molar-refractivity contribution is -0.152. The summed E-state index contributed by atoms with van der Waals surface area (Å²) in [5.41, 5.74) is 0.432. The van der Waals surface area contributed by atoms with Crippen LogP contribution in [0.25, 0.3) is 0 Å². The number of para-hydroxylation sites is 1. The first kappa shape index (κ1) is 16.2. The molecule has 2 heterocycles. The van der Waals surface area contributed by atoms with Crippen LogP contribution < -0.4 is 9.64 Å². The lowest BCUT2D eigenvalue weighted by Crippen LogP contribution is -2.40. The number of benzene rings is 1. The van der Waals surface area contributed by atoms with E-state index >= 15 is 0 Å². The zero-order chi connectivity index (χ0) is 17.3. The molecule has 1 aliphatic heterocycles. The lowest BCUT2D eigenvalue weighted by Gasteiger charge is -2.35. The van der Waals surface area contributed by atoms with Crippen LogP contribution in [0, 0.1) is 0 Å². The number of anilines is 1. The van der Waals surface area contributed by atoms with Gasteiger partial charge in [0, 0.05) is 18.3 Å². The molecule has 0 N–H and O–H groups in total. The molecule has 0 radical (unpaired) electrons. The molecule has 3 rings (SSSR count). The van der Waals surface area contributed by atoms with E-state index in [1.807, 2.05) is 0 Å². The molecule has 1 aromatic carbocycles. The van der Waals surface area contributed by atoms with E-state index in [0.29, 0.717) is 0 Å². The molecular formula is C16H14F3N3O2. The molecular weight excluding hydrogens is 323 g/mol. The number of hydrogen-bond acceptors (Lipinski definition) is 4. The van der Waals surface area contributed by atoms with Crippen LogP contribution in [-0.2, 0) is 0 Å². The Hall–Kier alpha value is -2.64. The molecule has 24 heavy (non-hydrogen) atoms. The highest BCUT2D eigenvalue weighted by Gasteiger charge is 2.45. The van der Waals surface area contributed by atoms with Gasteiger partial charge in [-0.25, -0.2) is 9.97 Å². The zero-order valence-electron chi connectivity index (χ0n) is 12.7. The second-order valence-corrected chi connectivity index (χ2v) is 5.34. The number of carbonyl (C=O) groups excluding carboxylic acids is 1. The van der Waals surface area contributed by atoms with Crippen molar-refractivity contribution in [2.75, 3.05) is 18.6 Å². The van der Waals surface area contributed by atoms with Crippen LogP contribution in [0.2, 0.25) is 0 Å². The average Bonchev–Trinajstić information content (AvgIpc) is 2.59. The van der Waals surface area contributed by atoms with E-state index in [2.05, 4.69) is 9.97 Å². The second-order valence-electron chi connectivity index (χ2n) is 5.34. The first-order valence-corrected chi connectivity index (χ1v) is 7.25. The largest absolute Gasteiger partial charge is 0.481 e. The summed E-state index contributed by atoms with van der Waals surface area (Å²) in [7, 11) is 1.40. The third-order valence-corrected chi connectivity index (χ3v) is 3.95. The van der Waals surface area contributed by atoms with Crippen LogP contribution in [0.4, 0.5) is 18.9 Å². The molecule has 0 fully saturated rings. The van der Waals surface area contributed by atoms with Crippen molar-refractivity contribution in [3.63, 3.8) is 0 Å². The summed E-state index contributed by atoms with van der Waals surface area (Å²) in [6.45, 7) is -0.0354. The summed E-state index contributed by atoms with van der Waals surface area (Å²) in [4.78, 5) is 21.7. The van der Waals surface area contributed by atoms with Crippen molar-refractivity contribution in [1.82, 2.24) is 9.97 Å². The van der Waals surface area contributed by atoms with Crippen molar-refractivity contribution in [3.8, 4) is 5.88 Å². The fourth-order valence-electron chi connectivity index (χ4n) is 2.82. The number of fused-ring (bicyclic) bond motifs is 1. The number of nitrogens with zero attached hydrogens (tertiary/aromatic N) is 3. The Morgan fingerprint density at radius 3 is 2.75 bits per heavy atom. The standard InChI is InChI=1S/C16H14F3N3O2/c1-24-14-8-12(20-9-21-14)15(23)22-7-6-11(16(17,18)19)10-4-2-3-5-13(10)22/h2-5,8-9,11H,6-7H2,1H3. The van der Waals surface area contributed by atoms with Gasteiger partial charge in [0.1, 0.15) is 12.0 Å². The Morgan fingerprint density at radius 1 is 1.29 bits per heavy atom. The molecule has 5 nitrogen and oxygen atoms in total. The SMILES string of the molecule is COc1cc(C(=O)N2CCC(C(F)(F)F)c3ccccc32)ncn1. The van der Waals surface area contributed by atoms with Gasteiger partial charge < -0.3 is 9.64 Å². The number of amides is 1. The van der Waals surface area contributed by atoms with Crippen molar-refractivity contribution in [2.24, 2.45) is 0 Å². The minimum Gasteiger partial charge on any atom is -0.481 e. The maximum Gasteiger partial charge on any atom is 0.395 e. The molecule has 8 heteroatoms. The monoisotopic (exact) mass is 337 g/mol. The van der Waals surface area contributed by atoms with E-state index in [-0.39, 0.29) is 35.8 Å². The van der Waals surface area contributed by atoms with Crippen molar-refractivity contribution in [2.45, 2.75) is 18.5 Å². The molecule has 0 saturated heterocycles. The molecule has 1 unspecified atom stereocenters. The fraction of sp³-hybridized carbons (Fsp3) is 0.312. The summed E-state index contributed by atoms with van der Waals surface area (Å²) in [5, 5.41) is 0. The predicted octanol–water partition coefficient (Wildman–Crippen LogP) is 3.18. The van der Waals surface area contributed by atoms with Gasteiger partial charge in [-0.3, -0.25) is 4.79 Å². The van der Waals surface area contributed by atoms with Crippen molar-refractivity contribution in [3.05, 3.63) is 47.9 Å². The quantitative estimate of drug-likeness (QED) is 0.845. The molecule has 126 valence electrons. The number of alkyl halides is 3. The molecule has 1 amide bonds. The minimum absolute atomic E-state index is 0.0354. The highest BCUT2D eigenvalue weighted by molar-refractivity contribution is 6.05. The van der Waals surface area contributed by atoms with Gasteiger partial charge in [0.15, 0.2) is 0 Å². The van der Waals surface area contributed by atoms with E-state index in [0.717, 1.165) is 0 Å². The van der Waals surface area contributed by atoms with Crippen LogP contribution in [0.5, 0.6) is 5.88 Å². The summed E-state index contributed by atoms with van der Waals surface area (Å²) in [6.07, 6.45) is -3.35. The van der Waals surface area contributed by atoms with Gasteiger partial charge in [-0.15, -0.1) is 0 Å². The van der Waals surface area contributed by atoms with E-state index < -0.39 is 18.0 Å². The third kappa shape index (κ3) is 2.91. The summed E-state index contributed by atoms with van der Waals surface area (Å²) < 4.78 is 44.6. The number of halogens is 3. The Kier molecular flexibility index (Phi) is 4.13. The summed E-state index contributed by atoms with van der Waals surface area (Å²) >= 11 is 0. The van der Waals surface area contributed by atoms with E-state index in [9.17, 15) is 18.0 Å². The van der Waals surface area contributed by atoms with Crippen LogP contribution in [0.3, 0.4) is 0 Å².